The topological polar surface area (TPSA) is 61.9 Å². The van der Waals surface area contributed by atoms with E-state index in [9.17, 15) is 9.59 Å². The highest BCUT2D eigenvalue weighted by atomic mass is 16.6. The molecule has 6 heteroatoms. The molecule has 1 saturated carbocycles. The van der Waals surface area contributed by atoms with E-state index in [2.05, 4.69) is 17.4 Å². The van der Waals surface area contributed by atoms with Gasteiger partial charge in [0.15, 0.2) is 0 Å². The minimum Gasteiger partial charge on any atom is -0.444 e. The quantitative estimate of drug-likeness (QED) is 0.887. The van der Waals surface area contributed by atoms with Crippen LogP contribution in [0.15, 0.2) is 24.3 Å². The van der Waals surface area contributed by atoms with Gasteiger partial charge in [-0.15, -0.1) is 0 Å². The molecule has 0 aromatic heterocycles. The van der Waals surface area contributed by atoms with Crippen LogP contribution in [0.5, 0.6) is 0 Å². The van der Waals surface area contributed by atoms with Gasteiger partial charge in [0.25, 0.3) is 0 Å². The SMILES string of the molecule is CC(C)(C)OC(=O)N1C[C@@H]2C(CCNC(=O)N3Cc4ccccc4C3)[C@@H]2C1. The number of ether oxygens (including phenoxy) is 1. The lowest BCUT2D eigenvalue weighted by Gasteiger charge is -2.26. The summed E-state index contributed by atoms with van der Waals surface area (Å²) in [6.45, 7) is 9.36. The zero-order chi connectivity index (χ0) is 19.2. The van der Waals surface area contributed by atoms with Gasteiger partial charge in [0.2, 0.25) is 0 Å². The molecule has 1 saturated heterocycles. The number of nitrogens with one attached hydrogen (secondary N) is 1. The normalized spacial score (nSPS) is 25.8. The van der Waals surface area contributed by atoms with Crippen LogP contribution in [0.3, 0.4) is 0 Å². The highest BCUT2D eigenvalue weighted by Crippen LogP contribution is 2.53. The van der Waals surface area contributed by atoms with E-state index in [0.29, 0.717) is 37.4 Å². The van der Waals surface area contributed by atoms with E-state index in [1.165, 1.54) is 11.1 Å². The third-order valence-corrected chi connectivity index (χ3v) is 5.90. The molecule has 1 aliphatic carbocycles. The number of fused-ring (bicyclic) bond motifs is 2. The Balaban J connectivity index is 1.16. The summed E-state index contributed by atoms with van der Waals surface area (Å²) >= 11 is 0. The Morgan fingerprint density at radius 3 is 2.22 bits per heavy atom. The fraction of sp³-hybridized carbons (Fsp3) is 0.619. The second kappa shape index (κ2) is 6.73. The molecule has 6 nitrogen and oxygen atoms in total. The van der Waals surface area contributed by atoms with Gasteiger partial charge >= 0.3 is 12.1 Å². The molecule has 2 aliphatic heterocycles. The van der Waals surface area contributed by atoms with Crippen LogP contribution in [0.2, 0.25) is 0 Å². The Bertz CT molecular complexity index is 705. The van der Waals surface area contributed by atoms with Crippen LogP contribution in [-0.4, -0.2) is 47.2 Å². The average Bonchev–Trinajstić information content (AvgIpc) is 3.00. The molecule has 3 aliphatic rings. The standard InChI is InChI=1S/C21H29N3O3/c1-21(2,3)27-20(26)24-12-17-16(18(17)13-24)8-9-22-19(25)23-10-14-6-4-5-7-15(14)11-23/h4-7,16-18H,8-13H2,1-3H3,(H,22,25)/t16?,17-,18+. The van der Waals surface area contributed by atoms with Crippen molar-refractivity contribution in [1.29, 1.82) is 0 Å². The van der Waals surface area contributed by atoms with E-state index in [-0.39, 0.29) is 12.1 Å². The van der Waals surface area contributed by atoms with Crippen LogP contribution in [0, 0.1) is 17.8 Å². The lowest BCUT2D eigenvalue weighted by atomic mass is 10.1. The maximum atomic E-state index is 12.4. The van der Waals surface area contributed by atoms with E-state index in [1.807, 2.05) is 42.7 Å². The zero-order valence-corrected chi connectivity index (χ0v) is 16.4. The van der Waals surface area contributed by atoms with Gasteiger partial charge in [-0.3, -0.25) is 0 Å². The fourth-order valence-corrected chi connectivity index (χ4v) is 4.49. The molecule has 27 heavy (non-hydrogen) atoms. The Morgan fingerprint density at radius 2 is 1.67 bits per heavy atom. The van der Waals surface area contributed by atoms with Gasteiger partial charge in [-0.05, 0) is 56.1 Å². The molecule has 3 atom stereocenters. The van der Waals surface area contributed by atoms with E-state index >= 15 is 0 Å². The summed E-state index contributed by atoms with van der Waals surface area (Å²) in [4.78, 5) is 28.2. The van der Waals surface area contributed by atoms with Gasteiger partial charge in [0, 0.05) is 32.7 Å². The van der Waals surface area contributed by atoms with Gasteiger partial charge in [-0.2, -0.15) is 0 Å². The Morgan fingerprint density at radius 1 is 1.07 bits per heavy atom. The van der Waals surface area contributed by atoms with Crippen molar-refractivity contribution >= 4 is 12.1 Å². The Hall–Kier alpha value is -2.24. The maximum absolute atomic E-state index is 12.4. The smallest absolute Gasteiger partial charge is 0.410 e. The van der Waals surface area contributed by atoms with Crippen molar-refractivity contribution in [3.8, 4) is 0 Å². The summed E-state index contributed by atoms with van der Waals surface area (Å²) < 4.78 is 5.45. The van der Waals surface area contributed by atoms with Gasteiger partial charge in [-0.25, -0.2) is 9.59 Å². The van der Waals surface area contributed by atoms with Crippen LogP contribution in [0.1, 0.15) is 38.3 Å². The number of amides is 3. The first-order chi connectivity index (χ1) is 12.8. The van der Waals surface area contributed by atoms with Crippen molar-refractivity contribution in [3.63, 3.8) is 0 Å². The van der Waals surface area contributed by atoms with Gasteiger partial charge in [-0.1, -0.05) is 24.3 Å². The summed E-state index contributed by atoms with van der Waals surface area (Å²) in [6.07, 6.45) is 0.791. The molecule has 0 radical (unpaired) electrons. The van der Waals surface area contributed by atoms with E-state index in [1.54, 1.807) is 0 Å². The Kier molecular flexibility index (Phi) is 4.52. The molecule has 0 bridgehead atoms. The lowest BCUT2D eigenvalue weighted by Crippen LogP contribution is -2.38. The van der Waals surface area contributed by atoms with E-state index in [4.69, 9.17) is 4.74 Å². The second-order valence-corrected chi connectivity index (χ2v) is 9.02. The Labute approximate surface area is 160 Å². The highest BCUT2D eigenvalue weighted by molar-refractivity contribution is 5.75. The van der Waals surface area contributed by atoms with Crippen LogP contribution >= 0.6 is 0 Å². The van der Waals surface area contributed by atoms with Crippen molar-refractivity contribution in [2.45, 2.75) is 45.9 Å². The molecule has 146 valence electrons. The van der Waals surface area contributed by atoms with Gasteiger partial charge < -0.3 is 19.9 Å². The van der Waals surface area contributed by atoms with E-state index < -0.39 is 5.60 Å². The number of nitrogens with zero attached hydrogens (tertiary/aromatic N) is 2. The number of carbonyl (C=O) groups is 2. The zero-order valence-electron chi connectivity index (χ0n) is 16.4. The number of benzene rings is 1. The van der Waals surface area contributed by atoms with Crippen molar-refractivity contribution in [1.82, 2.24) is 15.1 Å². The third-order valence-electron chi connectivity index (χ3n) is 5.90. The molecule has 3 amide bonds. The average molecular weight is 371 g/mol. The van der Waals surface area contributed by atoms with Gasteiger partial charge in [0.1, 0.15) is 5.60 Å². The molecule has 4 rings (SSSR count). The van der Waals surface area contributed by atoms with Crippen LogP contribution < -0.4 is 5.32 Å². The largest absolute Gasteiger partial charge is 0.444 e. The monoisotopic (exact) mass is 371 g/mol. The number of rotatable bonds is 3. The van der Waals surface area contributed by atoms with Crippen molar-refractivity contribution in [2.24, 2.45) is 17.8 Å². The van der Waals surface area contributed by atoms with Gasteiger partial charge in [0.05, 0.1) is 0 Å². The van der Waals surface area contributed by atoms with Crippen molar-refractivity contribution in [2.75, 3.05) is 19.6 Å². The van der Waals surface area contributed by atoms with Crippen molar-refractivity contribution in [3.05, 3.63) is 35.4 Å². The molecule has 1 aromatic rings. The molecule has 2 heterocycles. The number of hydrogen-bond donors (Lipinski definition) is 1. The predicted octanol–water partition coefficient (Wildman–Crippen LogP) is 3.21. The summed E-state index contributed by atoms with van der Waals surface area (Å²) in [5, 5.41) is 3.07. The predicted molar refractivity (Wildman–Crippen MR) is 102 cm³/mol. The highest BCUT2D eigenvalue weighted by Gasteiger charge is 2.56. The first kappa shape index (κ1) is 18.1. The first-order valence-electron chi connectivity index (χ1n) is 9.89. The molecular weight excluding hydrogens is 342 g/mol. The summed E-state index contributed by atoms with van der Waals surface area (Å²) in [7, 11) is 0. The number of carbonyl (C=O) groups excluding carboxylic acids is 2. The maximum Gasteiger partial charge on any atom is 0.410 e. The number of urea groups is 1. The summed E-state index contributed by atoms with van der Waals surface area (Å²) in [5.41, 5.74) is 2.04. The number of likely N-dealkylation sites (tertiary alicyclic amines) is 1. The molecule has 0 spiro atoms. The minimum absolute atomic E-state index is 0.0207. The molecule has 1 unspecified atom stereocenters. The second-order valence-electron chi connectivity index (χ2n) is 9.02. The third kappa shape index (κ3) is 3.89. The van der Waals surface area contributed by atoms with E-state index in [0.717, 1.165) is 19.5 Å². The van der Waals surface area contributed by atoms with Crippen molar-refractivity contribution < 1.29 is 14.3 Å². The molecule has 2 fully saturated rings. The fourth-order valence-electron chi connectivity index (χ4n) is 4.49. The number of hydrogen-bond acceptors (Lipinski definition) is 3. The lowest BCUT2D eigenvalue weighted by molar-refractivity contribution is 0.0265. The van der Waals surface area contributed by atoms with Crippen LogP contribution in [0.4, 0.5) is 9.59 Å². The molecule has 1 N–H and O–H groups in total. The minimum atomic E-state index is -0.442. The summed E-state index contributed by atoms with van der Waals surface area (Å²) in [5.74, 6) is 1.77. The first-order valence-corrected chi connectivity index (χ1v) is 9.89. The van der Waals surface area contributed by atoms with Crippen LogP contribution in [-0.2, 0) is 17.8 Å². The van der Waals surface area contributed by atoms with Crippen LogP contribution in [0.25, 0.3) is 0 Å². The molecule has 1 aromatic carbocycles. The summed E-state index contributed by atoms with van der Waals surface area (Å²) in [6, 6.07) is 8.24. The molecular formula is C21H29N3O3. The number of piperidine rings is 1.